The van der Waals surface area contributed by atoms with Crippen LogP contribution in [0, 0.1) is 0 Å². The first-order valence-electron chi connectivity index (χ1n) is 4.20. The van der Waals surface area contributed by atoms with Gasteiger partial charge in [0.2, 0.25) is 11.8 Å². The Morgan fingerprint density at radius 2 is 2.47 bits per heavy atom. The fourth-order valence-corrected chi connectivity index (χ4v) is 1.02. The summed E-state index contributed by atoms with van der Waals surface area (Å²) in [4.78, 5) is 21.9. The van der Waals surface area contributed by atoms with E-state index in [0.717, 1.165) is 0 Å². The fraction of sp³-hybridized carbons (Fsp3) is 0.143. The molecule has 15 heavy (non-hydrogen) atoms. The molecule has 5 N–H and O–H groups in total. The molecule has 0 aliphatic rings. The van der Waals surface area contributed by atoms with Gasteiger partial charge < -0.3 is 16.0 Å². The van der Waals surface area contributed by atoms with Gasteiger partial charge in [0.05, 0.1) is 6.54 Å². The van der Waals surface area contributed by atoms with E-state index >= 15 is 0 Å². The van der Waals surface area contributed by atoms with Gasteiger partial charge in [0, 0.05) is 12.4 Å². The lowest BCUT2D eigenvalue weighted by molar-refractivity contribution is 0.0940. The number of nitrogens with zero attached hydrogens (tertiary/aromatic N) is 3. The third kappa shape index (κ3) is 2.10. The van der Waals surface area contributed by atoms with Crippen molar-refractivity contribution < 1.29 is 4.79 Å². The Labute approximate surface area is 84.3 Å². The van der Waals surface area contributed by atoms with Crippen LogP contribution in [-0.2, 0) is 6.54 Å². The number of rotatable bonds is 3. The largest absolute Gasteiger partial charge is 0.366 e. The number of aromatic nitrogens is 5. The van der Waals surface area contributed by atoms with Gasteiger partial charge in [-0.05, 0) is 0 Å². The second kappa shape index (κ2) is 3.78. The average molecular weight is 207 g/mol. The number of hydrogen-bond donors (Lipinski definition) is 4. The summed E-state index contributed by atoms with van der Waals surface area (Å²) in [5.41, 5.74) is 5.26. The Morgan fingerprint density at radius 3 is 3.07 bits per heavy atom. The monoisotopic (exact) mass is 207 g/mol. The van der Waals surface area contributed by atoms with E-state index in [1.165, 1.54) is 0 Å². The number of nitrogens with two attached hydrogens (primary N) is 1. The molecule has 2 aromatic rings. The molecule has 0 aliphatic heterocycles. The number of nitrogen functional groups attached to an aromatic ring is 1. The zero-order valence-electron chi connectivity index (χ0n) is 7.69. The van der Waals surface area contributed by atoms with Crippen LogP contribution in [0.4, 0.5) is 5.95 Å². The molecule has 0 fully saturated rings. The number of imidazole rings is 1. The predicted octanol–water partition coefficient (Wildman–Crippen LogP) is -0.960. The number of H-pyrrole nitrogens is 2. The lowest BCUT2D eigenvalue weighted by Crippen LogP contribution is -2.24. The third-order valence-electron chi connectivity index (χ3n) is 1.69. The summed E-state index contributed by atoms with van der Waals surface area (Å²) in [5.74, 6) is 0.406. The molecule has 2 aromatic heterocycles. The summed E-state index contributed by atoms with van der Waals surface area (Å²) in [7, 11) is 0. The molecular weight excluding hydrogens is 198 g/mol. The Bertz CT molecular complexity index is 446. The quantitative estimate of drug-likeness (QED) is 0.515. The SMILES string of the molecule is Nc1n[nH]c(C(=O)NCc2ncc[nH]2)n1. The highest BCUT2D eigenvalue weighted by Crippen LogP contribution is 1.93. The minimum absolute atomic E-state index is 0.0400. The van der Waals surface area contributed by atoms with Crippen LogP contribution in [0.25, 0.3) is 0 Å². The highest BCUT2D eigenvalue weighted by molar-refractivity contribution is 5.90. The lowest BCUT2D eigenvalue weighted by atomic mass is 10.5. The van der Waals surface area contributed by atoms with Crippen molar-refractivity contribution in [3.05, 3.63) is 24.0 Å². The summed E-state index contributed by atoms with van der Waals surface area (Å²) >= 11 is 0. The van der Waals surface area contributed by atoms with Crippen LogP contribution in [0.5, 0.6) is 0 Å². The van der Waals surface area contributed by atoms with Crippen LogP contribution in [0.2, 0.25) is 0 Å². The molecule has 8 heteroatoms. The van der Waals surface area contributed by atoms with Crippen molar-refractivity contribution in [2.45, 2.75) is 6.54 Å². The van der Waals surface area contributed by atoms with Crippen molar-refractivity contribution >= 4 is 11.9 Å². The van der Waals surface area contributed by atoms with Gasteiger partial charge in [0.1, 0.15) is 5.82 Å². The van der Waals surface area contributed by atoms with Crippen molar-refractivity contribution in [3.63, 3.8) is 0 Å². The van der Waals surface area contributed by atoms with Crippen LogP contribution < -0.4 is 11.1 Å². The van der Waals surface area contributed by atoms with E-state index in [1.807, 2.05) is 0 Å². The molecule has 0 bridgehead atoms. The summed E-state index contributed by atoms with van der Waals surface area (Å²) in [6.07, 6.45) is 3.28. The molecule has 0 unspecified atom stereocenters. The maximum atomic E-state index is 11.4. The second-order valence-corrected chi connectivity index (χ2v) is 2.76. The van der Waals surface area contributed by atoms with Crippen molar-refractivity contribution in [1.82, 2.24) is 30.5 Å². The van der Waals surface area contributed by atoms with Gasteiger partial charge in [-0.1, -0.05) is 0 Å². The van der Waals surface area contributed by atoms with E-state index in [9.17, 15) is 4.79 Å². The number of nitrogens with one attached hydrogen (secondary N) is 3. The number of carbonyl (C=O) groups excluding carboxylic acids is 1. The van der Waals surface area contributed by atoms with Crippen LogP contribution in [0.3, 0.4) is 0 Å². The van der Waals surface area contributed by atoms with Gasteiger partial charge in [-0.25, -0.2) is 4.98 Å². The maximum Gasteiger partial charge on any atom is 0.289 e. The Balaban J connectivity index is 1.93. The zero-order chi connectivity index (χ0) is 10.7. The fourth-order valence-electron chi connectivity index (χ4n) is 1.02. The Hall–Kier alpha value is -2.38. The molecule has 1 amide bonds. The molecule has 78 valence electrons. The molecule has 0 saturated carbocycles. The summed E-state index contributed by atoms with van der Waals surface area (Å²) in [6.45, 7) is 0.298. The third-order valence-corrected chi connectivity index (χ3v) is 1.69. The number of aromatic amines is 2. The van der Waals surface area contributed by atoms with Gasteiger partial charge >= 0.3 is 0 Å². The van der Waals surface area contributed by atoms with Gasteiger partial charge in [0.15, 0.2) is 0 Å². The lowest BCUT2D eigenvalue weighted by Gasteiger charge is -1.98. The molecular formula is C7H9N7O. The molecule has 0 aromatic carbocycles. The first kappa shape index (κ1) is 9.19. The standard InChI is InChI=1S/C7H9N7O/c8-7-12-5(13-14-7)6(15)11-3-4-9-1-2-10-4/h1-2H,3H2,(H,9,10)(H,11,15)(H3,8,12,13,14). The molecule has 0 atom stereocenters. The normalized spacial score (nSPS) is 10.1. The van der Waals surface area contributed by atoms with Gasteiger partial charge in [-0.15, -0.1) is 5.10 Å². The molecule has 0 saturated heterocycles. The predicted molar refractivity (Wildman–Crippen MR) is 50.6 cm³/mol. The van der Waals surface area contributed by atoms with Gasteiger partial charge in [-0.2, -0.15) is 4.98 Å². The van der Waals surface area contributed by atoms with E-state index in [2.05, 4.69) is 30.5 Å². The minimum atomic E-state index is -0.379. The molecule has 8 nitrogen and oxygen atoms in total. The van der Waals surface area contributed by atoms with E-state index in [1.54, 1.807) is 12.4 Å². The summed E-state index contributed by atoms with van der Waals surface area (Å²) in [5, 5.41) is 8.54. The topological polar surface area (TPSA) is 125 Å². The zero-order valence-corrected chi connectivity index (χ0v) is 7.69. The van der Waals surface area contributed by atoms with Crippen LogP contribution >= 0.6 is 0 Å². The van der Waals surface area contributed by atoms with Gasteiger partial charge in [-0.3, -0.25) is 9.89 Å². The van der Waals surface area contributed by atoms with E-state index < -0.39 is 0 Å². The molecule has 0 spiro atoms. The molecule has 0 radical (unpaired) electrons. The summed E-state index contributed by atoms with van der Waals surface area (Å²) in [6, 6.07) is 0. The smallest absolute Gasteiger partial charge is 0.289 e. The molecule has 2 heterocycles. The van der Waals surface area contributed by atoms with Crippen molar-refractivity contribution in [2.75, 3.05) is 5.73 Å². The highest BCUT2D eigenvalue weighted by atomic mass is 16.2. The minimum Gasteiger partial charge on any atom is -0.366 e. The van der Waals surface area contributed by atoms with E-state index in [0.29, 0.717) is 12.4 Å². The average Bonchev–Trinajstić information content (AvgIpc) is 2.84. The molecule has 2 rings (SSSR count). The Kier molecular flexibility index (Phi) is 2.31. The number of anilines is 1. The first-order chi connectivity index (χ1) is 7.25. The van der Waals surface area contributed by atoms with Crippen LogP contribution in [-0.4, -0.2) is 31.1 Å². The van der Waals surface area contributed by atoms with Crippen molar-refractivity contribution in [1.29, 1.82) is 0 Å². The maximum absolute atomic E-state index is 11.4. The Morgan fingerprint density at radius 1 is 1.60 bits per heavy atom. The highest BCUT2D eigenvalue weighted by Gasteiger charge is 2.10. The number of amides is 1. The first-order valence-corrected chi connectivity index (χ1v) is 4.20. The van der Waals surface area contributed by atoms with E-state index in [-0.39, 0.29) is 17.7 Å². The van der Waals surface area contributed by atoms with Crippen molar-refractivity contribution in [3.8, 4) is 0 Å². The number of carbonyl (C=O) groups is 1. The second-order valence-electron chi connectivity index (χ2n) is 2.76. The van der Waals surface area contributed by atoms with Crippen LogP contribution in [0.1, 0.15) is 16.4 Å². The summed E-state index contributed by atoms with van der Waals surface area (Å²) < 4.78 is 0. The van der Waals surface area contributed by atoms with Gasteiger partial charge in [0.25, 0.3) is 5.91 Å². The van der Waals surface area contributed by atoms with Crippen molar-refractivity contribution in [2.24, 2.45) is 0 Å². The number of hydrogen-bond acceptors (Lipinski definition) is 5. The molecule has 0 aliphatic carbocycles. The van der Waals surface area contributed by atoms with Crippen LogP contribution in [0.15, 0.2) is 12.4 Å². The van der Waals surface area contributed by atoms with E-state index in [4.69, 9.17) is 5.73 Å².